The minimum Gasteiger partial charge on any atom is -0.352 e. The van der Waals surface area contributed by atoms with Gasteiger partial charge in [-0.25, -0.2) is 8.42 Å². The Kier molecular flexibility index (Phi) is 4.19. The maximum atomic E-state index is 12.0. The first-order valence-electron chi connectivity index (χ1n) is 7.42. The van der Waals surface area contributed by atoms with E-state index in [0.29, 0.717) is 23.4 Å². The molecule has 1 aliphatic carbocycles. The molecule has 1 amide bonds. The molecule has 0 bridgehead atoms. The number of hydrogen-bond acceptors (Lipinski definition) is 6. The molecule has 22 heavy (non-hydrogen) atoms. The third-order valence-electron chi connectivity index (χ3n) is 4.04. The summed E-state index contributed by atoms with van der Waals surface area (Å²) >= 11 is 1.36. The van der Waals surface area contributed by atoms with Crippen LogP contribution in [-0.2, 0) is 21.7 Å². The average molecular weight is 344 g/mol. The number of hydrogen-bond donors (Lipinski definition) is 1. The lowest BCUT2D eigenvalue weighted by Crippen LogP contribution is -2.32. The smallest absolute Gasteiger partial charge is 0.233 e. The first-order valence-corrected chi connectivity index (χ1v) is 10.1. The zero-order valence-electron chi connectivity index (χ0n) is 12.7. The molecule has 1 saturated carbocycles. The quantitative estimate of drug-likeness (QED) is 0.781. The fourth-order valence-corrected chi connectivity index (χ4v) is 5.11. The average Bonchev–Trinajstić information content (AvgIpc) is 3.09. The Morgan fingerprint density at radius 3 is 2.68 bits per heavy atom. The number of carbonyl (C=O) groups is 1. The molecule has 0 unspecified atom stereocenters. The molecular formula is C13H20N4O3S2. The van der Waals surface area contributed by atoms with Gasteiger partial charge in [0.2, 0.25) is 5.91 Å². The Balaban J connectivity index is 1.66. The summed E-state index contributed by atoms with van der Waals surface area (Å²) in [5.74, 6) is 0.973. The molecule has 2 atom stereocenters. The summed E-state index contributed by atoms with van der Waals surface area (Å²) in [5, 5.41) is 11.6. The summed E-state index contributed by atoms with van der Waals surface area (Å²) in [6.07, 6.45) is 2.72. The molecule has 1 aliphatic heterocycles. The molecule has 0 aromatic carbocycles. The second kappa shape index (κ2) is 5.84. The van der Waals surface area contributed by atoms with Crippen LogP contribution in [0, 0.1) is 0 Å². The second-order valence-electron chi connectivity index (χ2n) is 6.04. The minimum atomic E-state index is -2.95. The van der Waals surface area contributed by atoms with Crippen molar-refractivity contribution in [2.75, 3.05) is 11.5 Å². The van der Waals surface area contributed by atoms with Gasteiger partial charge in [-0.3, -0.25) is 4.79 Å². The van der Waals surface area contributed by atoms with Crippen LogP contribution in [0.25, 0.3) is 0 Å². The Bertz CT molecular complexity index is 681. The molecule has 2 aliphatic rings. The third kappa shape index (κ3) is 3.45. The molecule has 122 valence electrons. The van der Waals surface area contributed by atoms with E-state index >= 15 is 0 Å². The van der Waals surface area contributed by atoms with Gasteiger partial charge in [0.1, 0.15) is 5.82 Å². The van der Waals surface area contributed by atoms with Gasteiger partial charge in [0.05, 0.1) is 16.8 Å². The van der Waals surface area contributed by atoms with E-state index in [-0.39, 0.29) is 28.6 Å². The fraction of sp³-hybridized carbons (Fsp3) is 0.769. The molecule has 9 heteroatoms. The van der Waals surface area contributed by atoms with E-state index in [1.165, 1.54) is 11.8 Å². The van der Waals surface area contributed by atoms with Gasteiger partial charge in [-0.15, -0.1) is 10.2 Å². The second-order valence-corrected chi connectivity index (χ2v) is 9.58. The van der Waals surface area contributed by atoms with Gasteiger partial charge in [0.15, 0.2) is 15.0 Å². The van der Waals surface area contributed by atoms with E-state index in [1.807, 2.05) is 18.5 Å². The normalized spacial score (nSPS) is 25.1. The van der Waals surface area contributed by atoms with Crippen LogP contribution < -0.4 is 5.32 Å². The maximum absolute atomic E-state index is 12.0. The van der Waals surface area contributed by atoms with Gasteiger partial charge in [0, 0.05) is 19.0 Å². The first kappa shape index (κ1) is 15.8. The first-order chi connectivity index (χ1) is 10.4. The monoisotopic (exact) mass is 344 g/mol. The zero-order valence-corrected chi connectivity index (χ0v) is 14.3. The molecule has 2 fully saturated rings. The SMILES string of the molecule is C[C@@H](Sc1nnc([C@@H]2CCS(=O)(=O)C2)n1C)C(=O)NC1CC1. The van der Waals surface area contributed by atoms with E-state index in [1.54, 1.807) is 0 Å². The van der Waals surface area contributed by atoms with Crippen LogP contribution in [0.15, 0.2) is 5.16 Å². The molecule has 1 aromatic rings. The largest absolute Gasteiger partial charge is 0.352 e. The number of nitrogens with one attached hydrogen (secondary N) is 1. The number of rotatable bonds is 5. The van der Waals surface area contributed by atoms with Gasteiger partial charge >= 0.3 is 0 Å². The maximum Gasteiger partial charge on any atom is 0.233 e. The summed E-state index contributed by atoms with van der Waals surface area (Å²) < 4.78 is 25.0. The van der Waals surface area contributed by atoms with Crippen LogP contribution in [0.4, 0.5) is 0 Å². The summed E-state index contributed by atoms with van der Waals surface area (Å²) in [6.45, 7) is 1.84. The van der Waals surface area contributed by atoms with Gasteiger partial charge in [-0.1, -0.05) is 11.8 Å². The molecule has 7 nitrogen and oxygen atoms in total. The standard InChI is InChI=1S/C13H20N4O3S2/c1-8(12(18)14-10-3-4-10)21-13-16-15-11(17(13)2)9-5-6-22(19,20)7-9/h8-10H,3-7H2,1-2H3,(H,14,18)/t8-,9-/m1/s1. The molecular weight excluding hydrogens is 324 g/mol. The van der Waals surface area contributed by atoms with Crippen molar-refractivity contribution in [2.24, 2.45) is 7.05 Å². The van der Waals surface area contributed by atoms with Crippen LogP contribution in [-0.4, -0.2) is 51.9 Å². The zero-order chi connectivity index (χ0) is 15.9. The molecule has 0 radical (unpaired) electrons. The van der Waals surface area contributed by atoms with Crippen molar-refractivity contribution in [3.05, 3.63) is 5.82 Å². The van der Waals surface area contributed by atoms with Crippen molar-refractivity contribution < 1.29 is 13.2 Å². The Morgan fingerprint density at radius 1 is 1.36 bits per heavy atom. The highest BCUT2D eigenvalue weighted by molar-refractivity contribution is 8.00. The van der Waals surface area contributed by atoms with Crippen molar-refractivity contribution >= 4 is 27.5 Å². The van der Waals surface area contributed by atoms with E-state index in [9.17, 15) is 13.2 Å². The fourth-order valence-electron chi connectivity index (χ4n) is 2.54. The number of sulfone groups is 1. The third-order valence-corrected chi connectivity index (χ3v) is 6.94. The van der Waals surface area contributed by atoms with Crippen molar-refractivity contribution in [3.63, 3.8) is 0 Å². The molecule has 1 saturated heterocycles. The van der Waals surface area contributed by atoms with E-state index < -0.39 is 9.84 Å². The summed E-state index contributed by atoms with van der Waals surface area (Å²) in [4.78, 5) is 12.0. The Morgan fingerprint density at radius 2 is 2.09 bits per heavy atom. The summed E-state index contributed by atoms with van der Waals surface area (Å²) in [5.41, 5.74) is 0. The number of carbonyl (C=O) groups excluding carboxylic acids is 1. The van der Waals surface area contributed by atoms with Crippen LogP contribution in [0.3, 0.4) is 0 Å². The number of aromatic nitrogens is 3. The number of nitrogens with zero attached hydrogens (tertiary/aromatic N) is 3. The molecule has 0 spiro atoms. The van der Waals surface area contributed by atoms with Gasteiger partial charge in [-0.2, -0.15) is 0 Å². The highest BCUT2D eigenvalue weighted by Gasteiger charge is 2.33. The highest BCUT2D eigenvalue weighted by Crippen LogP contribution is 2.30. The van der Waals surface area contributed by atoms with Crippen molar-refractivity contribution in [3.8, 4) is 0 Å². The Hall–Kier alpha value is -1.09. The molecule has 2 heterocycles. The van der Waals surface area contributed by atoms with Crippen LogP contribution in [0.2, 0.25) is 0 Å². The number of amides is 1. The lowest BCUT2D eigenvalue weighted by atomic mass is 10.1. The topological polar surface area (TPSA) is 93.9 Å². The predicted molar refractivity (Wildman–Crippen MR) is 83.5 cm³/mol. The minimum absolute atomic E-state index is 0.0143. The molecule has 1 N–H and O–H groups in total. The van der Waals surface area contributed by atoms with Crippen molar-refractivity contribution in [2.45, 2.75) is 48.6 Å². The van der Waals surface area contributed by atoms with Gasteiger partial charge in [0.25, 0.3) is 0 Å². The van der Waals surface area contributed by atoms with E-state index in [2.05, 4.69) is 15.5 Å². The van der Waals surface area contributed by atoms with Gasteiger partial charge in [-0.05, 0) is 26.2 Å². The number of thioether (sulfide) groups is 1. The van der Waals surface area contributed by atoms with Crippen LogP contribution in [0.5, 0.6) is 0 Å². The van der Waals surface area contributed by atoms with E-state index in [4.69, 9.17) is 0 Å². The molecule has 1 aromatic heterocycles. The predicted octanol–water partition coefficient (Wildman–Crippen LogP) is 0.476. The van der Waals surface area contributed by atoms with Crippen molar-refractivity contribution in [1.82, 2.24) is 20.1 Å². The lowest BCUT2D eigenvalue weighted by Gasteiger charge is -2.12. The summed E-state index contributed by atoms with van der Waals surface area (Å²) in [6, 6.07) is 0.342. The van der Waals surface area contributed by atoms with E-state index in [0.717, 1.165) is 12.8 Å². The van der Waals surface area contributed by atoms with Crippen LogP contribution in [0.1, 0.15) is 37.9 Å². The van der Waals surface area contributed by atoms with Crippen LogP contribution >= 0.6 is 11.8 Å². The highest BCUT2D eigenvalue weighted by atomic mass is 32.2. The van der Waals surface area contributed by atoms with Gasteiger partial charge < -0.3 is 9.88 Å². The van der Waals surface area contributed by atoms with Crippen molar-refractivity contribution in [1.29, 1.82) is 0 Å². The summed E-state index contributed by atoms with van der Waals surface area (Å²) in [7, 11) is -1.12. The molecule has 3 rings (SSSR count). The Labute approximate surface area is 134 Å². The lowest BCUT2D eigenvalue weighted by molar-refractivity contribution is -0.120.